The van der Waals surface area contributed by atoms with E-state index >= 15 is 0 Å². The number of hydrogen-bond acceptors (Lipinski definition) is 4. The zero-order valence-electron chi connectivity index (χ0n) is 6.15. The molecular weight excluding hydrogens is 160 g/mol. The highest BCUT2D eigenvalue weighted by molar-refractivity contribution is 5.83. The third kappa shape index (κ3) is 1.82. The van der Waals surface area contributed by atoms with Crippen molar-refractivity contribution in [3.63, 3.8) is 0 Å². The zero-order chi connectivity index (χ0) is 8.97. The Morgan fingerprint density at radius 1 is 1.67 bits per heavy atom. The topological polar surface area (TPSA) is 56.5 Å². The van der Waals surface area contributed by atoms with Crippen LogP contribution in [0.15, 0.2) is 29.4 Å². The highest BCUT2D eigenvalue weighted by Crippen LogP contribution is 2.14. The summed E-state index contributed by atoms with van der Waals surface area (Å²) in [6.07, 6.45) is 2.71. The van der Waals surface area contributed by atoms with Gasteiger partial charge in [0.05, 0.1) is 0 Å². The summed E-state index contributed by atoms with van der Waals surface area (Å²) in [5.41, 5.74) is 0. The second-order valence-corrected chi connectivity index (χ2v) is 1.93. The van der Waals surface area contributed by atoms with Gasteiger partial charge >= 0.3 is 5.97 Å². The summed E-state index contributed by atoms with van der Waals surface area (Å²) in [6.45, 7) is 3.21. The maximum absolute atomic E-state index is 10.6. The minimum Gasteiger partial charge on any atom is -0.458 e. The zero-order valence-corrected chi connectivity index (χ0v) is 6.15. The van der Waals surface area contributed by atoms with Crippen molar-refractivity contribution in [3.05, 3.63) is 30.7 Å². The normalized spacial score (nSPS) is 9.00. The first kappa shape index (κ1) is 8.26. The molecular formula is C8H6O4. The third-order valence-electron chi connectivity index (χ3n) is 1.10. The van der Waals surface area contributed by atoms with E-state index in [1.807, 2.05) is 0 Å². The van der Waals surface area contributed by atoms with Crippen LogP contribution in [-0.4, -0.2) is 12.3 Å². The third-order valence-corrected chi connectivity index (χ3v) is 1.10. The summed E-state index contributed by atoms with van der Waals surface area (Å²) >= 11 is 0. The van der Waals surface area contributed by atoms with E-state index in [0.717, 1.165) is 6.08 Å². The molecule has 0 fully saturated rings. The molecule has 0 aliphatic rings. The molecule has 62 valence electrons. The molecule has 1 aromatic rings. The number of esters is 1. The van der Waals surface area contributed by atoms with Crippen LogP contribution in [0.5, 0.6) is 5.75 Å². The highest BCUT2D eigenvalue weighted by Gasteiger charge is 2.03. The number of carbonyl (C=O) groups is 2. The van der Waals surface area contributed by atoms with Gasteiger partial charge < -0.3 is 9.15 Å². The van der Waals surface area contributed by atoms with Crippen molar-refractivity contribution in [3.8, 4) is 5.75 Å². The minimum absolute atomic E-state index is 0.113. The second kappa shape index (κ2) is 3.52. The molecule has 0 unspecified atom stereocenters. The summed E-state index contributed by atoms with van der Waals surface area (Å²) in [4.78, 5) is 20.7. The molecule has 0 aliphatic carbocycles. The summed E-state index contributed by atoms with van der Waals surface area (Å²) in [5, 5.41) is 0. The SMILES string of the molecule is C=CC(=O)Oc1coc(C=O)c1. The number of hydrogen-bond donors (Lipinski definition) is 0. The predicted molar refractivity (Wildman–Crippen MR) is 39.9 cm³/mol. The van der Waals surface area contributed by atoms with Crippen molar-refractivity contribution in [2.24, 2.45) is 0 Å². The van der Waals surface area contributed by atoms with Crippen LogP contribution in [0.2, 0.25) is 0 Å². The summed E-state index contributed by atoms with van der Waals surface area (Å²) in [5.74, 6) is -0.280. The Morgan fingerprint density at radius 3 is 2.92 bits per heavy atom. The molecule has 0 atom stereocenters. The Balaban J connectivity index is 2.69. The van der Waals surface area contributed by atoms with Gasteiger partial charge in [-0.1, -0.05) is 6.58 Å². The van der Waals surface area contributed by atoms with Crippen LogP contribution in [0.1, 0.15) is 10.6 Å². The van der Waals surface area contributed by atoms with Crippen LogP contribution >= 0.6 is 0 Å². The van der Waals surface area contributed by atoms with Crippen LogP contribution in [0.4, 0.5) is 0 Å². The van der Waals surface area contributed by atoms with E-state index in [2.05, 4.69) is 15.7 Å². The first-order valence-electron chi connectivity index (χ1n) is 3.14. The molecule has 0 spiro atoms. The average Bonchev–Trinajstić information content (AvgIpc) is 2.52. The lowest BCUT2D eigenvalue weighted by atomic mass is 10.5. The Hall–Kier alpha value is -1.84. The molecule has 4 heteroatoms. The number of furan rings is 1. The lowest BCUT2D eigenvalue weighted by molar-refractivity contribution is -0.129. The molecule has 1 rings (SSSR count). The maximum atomic E-state index is 10.6. The van der Waals surface area contributed by atoms with Gasteiger partial charge in [0.2, 0.25) is 0 Å². The maximum Gasteiger partial charge on any atom is 0.335 e. The Kier molecular flexibility index (Phi) is 2.42. The van der Waals surface area contributed by atoms with E-state index in [-0.39, 0.29) is 11.5 Å². The van der Waals surface area contributed by atoms with E-state index in [0.29, 0.717) is 6.29 Å². The Labute approximate surface area is 68.4 Å². The summed E-state index contributed by atoms with van der Waals surface area (Å²) < 4.78 is 9.32. The second-order valence-electron chi connectivity index (χ2n) is 1.93. The number of ether oxygens (including phenoxy) is 1. The van der Waals surface area contributed by atoms with Crippen molar-refractivity contribution >= 4 is 12.3 Å². The van der Waals surface area contributed by atoms with Gasteiger partial charge in [-0.05, 0) is 0 Å². The molecule has 1 aromatic heterocycles. The van der Waals surface area contributed by atoms with Crippen molar-refractivity contribution in [1.82, 2.24) is 0 Å². The summed E-state index contributed by atoms with van der Waals surface area (Å²) in [7, 11) is 0. The molecule has 4 nitrogen and oxygen atoms in total. The highest BCUT2D eigenvalue weighted by atomic mass is 16.5. The quantitative estimate of drug-likeness (QED) is 0.384. The monoisotopic (exact) mass is 166 g/mol. The van der Waals surface area contributed by atoms with E-state index in [1.54, 1.807) is 0 Å². The van der Waals surface area contributed by atoms with Crippen LogP contribution in [0.3, 0.4) is 0 Å². The average molecular weight is 166 g/mol. The standard InChI is InChI=1S/C8H6O4/c1-2-8(10)12-7-3-6(4-9)11-5-7/h2-5H,1H2. The molecule has 0 saturated carbocycles. The van der Waals surface area contributed by atoms with Gasteiger partial charge in [-0.15, -0.1) is 0 Å². The molecule has 0 aromatic carbocycles. The number of rotatable bonds is 3. The molecule has 1 heterocycles. The molecule has 0 bridgehead atoms. The number of aldehydes is 1. The Morgan fingerprint density at radius 2 is 2.42 bits per heavy atom. The van der Waals surface area contributed by atoms with Gasteiger partial charge in [-0.25, -0.2) is 4.79 Å². The fourth-order valence-electron chi connectivity index (χ4n) is 0.608. The van der Waals surface area contributed by atoms with Gasteiger partial charge in [0.15, 0.2) is 17.8 Å². The van der Waals surface area contributed by atoms with Gasteiger partial charge in [0.25, 0.3) is 0 Å². The van der Waals surface area contributed by atoms with Gasteiger partial charge in [0, 0.05) is 12.1 Å². The molecule has 0 amide bonds. The van der Waals surface area contributed by atoms with Gasteiger partial charge in [0.1, 0.15) is 6.26 Å². The van der Waals surface area contributed by atoms with Crippen LogP contribution in [0.25, 0.3) is 0 Å². The molecule has 0 saturated heterocycles. The number of carbonyl (C=O) groups excluding carboxylic acids is 2. The van der Waals surface area contributed by atoms with Crippen LogP contribution in [0, 0.1) is 0 Å². The van der Waals surface area contributed by atoms with E-state index in [1.165, 1.54) is 12.3 Å². The predicted octanol–water partition coefficient (Wildman–Crippen LogP) is 1.18. The van der Waals surface area contributed by atoms with Crippen molar-refractivity contribution in [1.29, 1.82) is 0 Å². The largest absolute Gasteiger partial charge is 0.458 e. The van der Waals surface area contributed by atoms with E-state index in [4.69, 9.17) is 0 Å². The Bertz CT molecular complexity index is 311. The fraction of sp³-hybridized carbons (Fsp3) is 0. The molecule has 12 heavy (non-hydrogen) atoms. The lowest BCUT2D eigenvalue weighted by Crippen LogP contribution is -2.01. The van der Waals surface area contributed by atoms with E-state index in [9.17, 15) is 9.59 Å². The van der Waals surface area contributed by atoms with Crippen molar-refractivity contribution < 1.29 is 18.7 Å². The van der Waals surface area contributed by atoms with Gasteiger partial charge in [-0.3, -0.25) is 4.79 Å². The fourth-order valence-corrected chi connectivity index (χ4v) is 0.608. The lowest BCUT2D eigenvalue weighted by Gasteiger charge is -1.92. The molecule has 0 radical (unpaired) electrons. The summed E-state index contributed by atoms with van der Waals surface area (Å²) in [6, 6.07) is 1.31. The first-order valence-corrected chi connectivity index (χ1v) is 3.14. The van der Waals surface area contributed by atoms with Crippen LogP contribution in [-0.2, 0) is 4.79 Å². The van der Waals surface area contributed by atoms with Crippen LogP contribution < -0.4 is 4.74 Å². The minimum atomic E-state index is -0.590. The van der Waals surface area contributed by atoms with Crippen molar-refractivity contribution in [2.75, 3.05) is 0 Å². The first-order chi connectivity index (χ1) is 5.76. The van der Waals surface area contributed by atoms with E-state index < -0.39 is 5.97 Å². The molecule has 0 N–H and O–H groups in total. The van der Waals surface area contributed by atoms with Gasteiger partial charge in [-0.2, -0.15) is 0 Å². The molecule has 0 aliphatic heterocycles. The smallest absolute Gasteiger partial charge is 0.335 e. The van der Waals surface area contributed by atoms with Crippen molar-refractivity contribution in [2.45, 2.75) is 0 Å².